The van der Waals surface area contributed by atoms with Crippen molar-refractivity contribution in [2.24, 2.45) is 0 Å². The summed E-state index contributed by atoms with van der Waals surface area (Å²) >= 11 is 0. The molecule has 2 aromatic carbocycles. The van der Waals surface area contributed by atoms with E-state index in [9.17, 15) is 0 Å². The van der Waals surface area contributed by atoms with Crippen molar-refractivity contribution in [3.05, 3.63) is 60.7 Å². The van der Waals surface area contributed by atoms with Gasteiger partial charge >= 0.3 is 138 Å². The van der Waals surface area contributed by atoms with E-state index in [1.54, 1.807) is 7.11 Å². The van der Waals surface area contributed by atoms with Crippen molar-refractivity contribution in [2.45, 2.75) is 38.9 Å². The Kier molecular flexibility index (Phi) is 3.70. The molecular weight excluding hydrogens is 307 g/mol. The van der Waals surface area contributed by atoms with Crippen LogP contribution in [0.1, 0.15) is 27.7 Å². The normalized spacial score (nSPS) is 25.3. The summed E-state index contributed by atoms with van der Waals surface area (Å²) in [6.07, 6.45) is 0. The van der Waals surface area contributed by atoms with Crippen molar-refractivity contribution in [2.75, 3.05) is 7.11 Å². The molecule has 0 spiro atoms. The summed E-state index contributed by atoms with van der Waals surface area (Å²) in [5.41, 5.74) is -0.987. The van der Waals surface area contributed by atoms with Crippen LogP contribution in [0.4, 0.5) is 0 Å². The zero-order chi connectivity index (χ0) is 16.8. The average Bonchev–Trinajstić information content (AvgIpc) is 2.73. The molecule has 0 radical (unpaired) electrons. The molecule has 3 nitrogen and oxygen atoms in total. The first-order chi connectivity index (χ1) is 10.8. The van der Waals surface area contributed by atoms with Gasteiger partial charge in [0.05, 0.1) is 0 Å². The molecule has 1 heterocycles. The molecule has 0 N–H and O–H groups in total. The molecule has 0 bridgehead atoms. The molecule has 0 aliphatic carbocycles. The second-order valence-electron chi connectivity index (χ2n) is 6.94. The standard InChI is InChI=1S/C19H25O3P/c1-18(2)19(3,4)22-23(20-5,21-18,16-12-8-6-9-13-16)17-14-10-7-11-15-17/h6-15H,1-5H3. The zero-order valence-electron chi connectivity index (χ0n) is 14.4. The average molecular weight is 332 g/mol. The van der Waals surface area contributed by atoms with Crippen LogP contribution in [0.15, 0.2) is 60.7 Å². The number of benzene rings is 2. The van der Waals surface area contributed by atoms with Crippen molar-refractivity contribution < 1.29 is 13.6 Å². The summed E-state index contributed by atoms with van der Waals surface area (Å²) in [4.78, 5) is 0. The van der Waals surface area contributed by atoms with Crippen molar-refractivity contribution in [3.63, 3.8) is 0 Å². The fourth-order valence-corrected chi connectivity index (χ4v) is 7.88. The topological polar surface area (TPSA) is 27.7 Å². The second-order valence-corrected chi connectivity index (χ2v) is 10.5. The third-order valence-corrected chi connectivity index (χ3v) is 9.59. The Labute approximate surface area is 138 Å². The molecule has 2 aromatic rings. The maximum atomic E-state index is 6.75. The van der Waals surface area contributed by atoms with Crippen LogP contribution in [0.5, 0.6) is 0 Å². The molecule has 4 heteroatoms. The van der Waals surface area contributed by atoms with Crippen molar-refractivity contribution >= 4 is 17.9 Å². The Morgan fingerprint density at radius 1 is 0.696 bits per heavy atom. The predicted octanol–water partition coefficient (Wildman–Crippen LogP) is 4.19. The van der Waals surface area contributed by atoms with Gasteiger partial charge in [-0.1, -0.05) is 0 Å². The first-order valence-electron chi connectivity index (χ1n) is 7.88. The summed E-state index contributed by atoms with van der Waals surface area (Å²) in [5, 5.41) is 1.90. The van der Waals surface area contributed by atoms with E-state index in [1.165, 1.54) is 0 Å². The minimum absolute atomic E-state index is 0.494. The molecule has 0 saturated carbocycles. The summed E-state index contributed by atoms with van der Waals surface area (Å²) < 4.78 is 19.7. The van der Waals surface area contributed by atoms with Gasteiger partial charge in [0.25, 0.3) is 0 Å². The van der Waals surface area contributed by atoms with Gasteiger partial charge in [-0.05, 0) is 0 Å². The van der Waals surface area contributed by atoms with Crippen LogP contribution >= 0.6 is 7.28 Å². The first kappa shape index (κ1) is 16.6. The Morgan fingerprint density at radius 3 is 1.35 bits per heavy atom. The van der Waals surface area contributed by atoms with E-state index >= 15 is 0 Å². The molecule has 0 amide bonds. The van der Waals surface area contributed by atoms with E-state index in [2.05, 4.69) is 27.7 Å². The van der Waals surface area contributed by atoms with E-state index in [0.29, 0.717) is 0 Å². The van der Waals surface area contributed by atoms with Crippen LogP contribution in [-0.4, -0.2) is 18.3 Å². The number of hydrogen-bond acceptors (Lipinski definition) is 3. The molecule has 1 saturated heterocycles. The van der Waals surface area contributed by atoms with Gasteiger partial charge in [-0.2, -0.15) is 0 Å². The molecule has 3 rings (SSSR count). The monoisotopic (exact) mass is 332 g/mol. The van der Waals surface area contributed by atoms with Crippen LogP contribution in [0.2, 0.25) is 0 Å². The fraction of sp³-hybridized carbons (Fsp3) is 0.368. The molecule has 0 atom stereocenters. The van der Waals surface area contributed by atoms with Gasteiger partial charge in [0.15, 0.2) is 0 Å². The van der Waals surface area contributed by atoms with E-state index in [1.807, 2.05) is 60.7 Å². The van der Waals surface area contributed by atoms with E-state index in [-0.39, 0.29) is 0 Å². The van der Waals surface area contributed by atoms with Crippen LogP contribution < -0.4 is 10.6 Å². The molecule has 1 aliphatic rings. The Bertz CT molecular complexity index is 636. The second kappa shape index (κ2) is 5.12. The van der Waals surface area contributed by atoms with Crippen LogP contribution in [0.25, 0.3) is 0 Å². The summed E-state index contributed by atoms with van der Waals surface area (Å²) in [5.74, 6) is 0. The van der Waals surface area contributed by atoms with Gasteiger partial charge in [0, 0.05) is 0 Å². The molecule has 0 aromatic heterocycles. The first-order valence-corrected chi connectivity index (χ1v) is 9.87. The number of hydrogen-bond donors (Lipinski definition) is 0. The van der Waals surface area contributed by atoms with Crippen LogP contribution in [-0.2, 0) is 13.6 Å². The quantitative estimate of drug-likeness (QED) is 0.789. The molecule has 1 fully saturated rings. The Hall–Kier alpha value is -1.25. The molecule has 1 aliphatic heterocycles. The van der Waals surface area contributed by atoms with E-state index in [4.69, 9.17) is 13.6 Å². The van der Waals surface area contributed by atoms with Crippen molar-refractivity contribution in [3.8, 4) is 0 Å². The van der Waals surface area contributed by atoms with Gasteiger partial charge in [0.1, 0.15) is 0 Å². The SMILES string of the molecule is COP1(c2ccccc2)(c2ccccc2)OC(C)(C)C(C)(C)O1. The maximum absolute atomic E-state index is 6.75. The summed E-state index contributed by atoms with van der Waals surface area (Å²) in [6, 6.07) is 20.1. The zero-order valence-corrected chi connectivity index (χ0v) is 15.3. The third-order valence-electron chi connectivity index (χ3n) is 4.97. The Morgan fingerprint density at radius 2 is 1.04 bits per heavy atom. The molecular formula is C19H25O3P. The predicted molar refractivity (Wildman–Crippen MR) is 96.4 cm³/mol. The van der Waals surface area contributed by atoms with Gasteiger partial charge in [0.2, 0.25) is 0 Å². The van der Waals surface area contributed by atoms with Crippen LogP contribution in [0, 0.1) is 0 Å². The molecule has 0 unspecified atom stereocenters. The summed E-state index contributed by atoms with van der Waals surface area (Å²) in [6.45, 7) is 8.25. The molecule has 124 valence electrons. The van der Waals surface area contributed by atoms with Gasteiger partial charge in [-0.3, -0.25) is 0 Å². The van der Waals surface area contributed by atoms with Crippen molar-refractivity contribution in [1.29, 1.82) is 0 Å². The Balaban J connectivity index is 2.37. The van der Waals surface area contributed by atoms with Gasteiger partial charge < -0.3 is 0 Å². The minimum atomic E-state index is -3.68. The van der Waals surface area contributed by atoms with Crippen LogP contribution in [0.3, 0.4) is 0 Å². The third kappa shape index (κ3) is 2.19. The van der Waals surface area contributed by atoms with E-state index < -0.39 is 18.5 Å². The van der Waals surface area contributed by atoms with Crippen molar-refractivity contribution in [1.82, 2.24) is 0 Å². The van der Waals surface area contributed by atoms with Gasteiger partial charge in [-0.15, -0.1) is 0 Å². The van der Waals surface area contributed by atoms with E-state index in [0.717, 1.165) is 10.6 Å². The fourth-order valence-electron chi connectivity index (χ4n) is 3.08. The van der Waals surface area contributed by atoms with Gasteiger partial charge in [-0.25, -0.2) is 0 Å². The summed E-state index contributed by atoms with van der Waals surface area (Å²) in [7, 11) is -1.99. The molecule has 23 heavy (non-hydrogen) atoms. The number of rotatable bonds is 3.